The van der Waals surface area contributed by atoms with Crippen molar-refractivity contribution in [2.45, 2.75) is 31.7 Å². The number of carboxylic acids is 1. The molecule has 0 saturated heterocycles. The van der Waals surface area contributed by atoms with Gasteiger partial charge in [-0.05, 0) is 26.9 Å². The fraction of sp³-hybridized carbons (Fsp3) is 0.727. The van der Waals surface area contributed by atoms with Gasteiger partial charge < -0.3 is 10.0 Å². The first-order valence-corrected chi connectivity index (χ1v) is 5.91. The molecular weight excluding hydrogens is 220 g/mol. The van der Waals surface area contributed by atoms with Crippen LogP contribution in [0.1, 0.15) is 41.4 Å². The average Bonchev–Trinajstić information content (AvgIpc) is 2.56. The Morgan fingerprint density at radius 1 is 1.53 bits per heavy atom. The van der Waals surface area contributed by atoms with Crippen molar-refractivity contribution in [3.05, 3.63) is 11.4 Å². The van der Waals surface area contributed by atoms with E-state index in [4.69, 9.17) is 5.11 Å². The summed E-state index contributed by atoms with van der Waals surface area (Å²) in [6.07, 6.45) is 3.27. The summed E-state index contributed by atoms with van der Waals surface area (Å²) >= 11 is 0. The summed E-state index contributed by atoms with van der Waals surface area (Å²) in [6, 6.07) is 0. The molecule has 0 unspecified atom stereocenters. The second-order valence-corrected chi connectivity index (χ2v) is 4.78. The highest BCUT2D eigenvalue weighted by atomic mass is 16.4. The Morgan fingerprint density at radius 3 is 2.71 bits per heavy atom. The summed E-state index contributed by atoms with van der Waals surface area (Å²) in [6.45, 7) is 1.53. The van der Waals surface area contributed by atoms with Gasteiger partial charge in [0, 0.05) is 12.5 Å². The predicted molar refractivity (Wildman–Crippen MR) is 62.1 cm³/mol. The van der Waals surface area contributed by atoms with E-state index in [1.54, 1.807) is 4.68 Å². The molecule has 6 heteroatoms. The quantitative estimate of drug-likeness (QED) is 0.821. The van der Waals surface area contributed by atoms with E-state index in [1.807, 2.05) is 19.0 Å². The van der Waals surface area contributed by atoms with E-state index in [0.717, 1.165) is 25.1 Å². The van der Waals surface area contributed by atoms with Crippen molar-refractivity contribution in [3.8, 4) is 0 Å². The Labute approximate surface area is 100 Å². The Kier molecular flexibility index (Phi) is 3.42. The number of carboxylic acid groups (broad SMARTS) is 1. The Hall–Kier alpha value is -1.43. The number of nitrogens with zero attached hydrogens (tertiary/aromatic N) is 4. The molecule has 1 saturated carbocycles. The molecule has 0 bridgehead atoms. The Morgan fingerprint density at radius 2 is 2.24 bits per heavy atom. The van der Waals surface area contributed by atoms with Gasteiger partial charge >= 0.3 is 5.97 Å². The molecule has 1 N–H and O–H groups in total. The minimum Gasteiger partial charge on any atom is -0.476 e. The molecule has 1 aliphatic carbocycles. The van der Waals surface area contributed by atoms with Gasteiger partial charge in [-0.2, -0.15) is 0 Å². The van der Waals surface area contributed by atoms with Crippen molar-refractivity contribution < 1.29 is 9.90 Å². The van der Waals surface area contributed by atoms with Crippen LogP contribution in [0, 0.1) is 0 Å². The number of hydrogen-bond donors (Lipinski definition) is 1. The molecule has 1 aromatic rings. The Bertz CT molecular complexity index is 410. The van der Waals surface area contributed by atoms with Crippen molar-refractivity contribution >= 4 is 5.97 Å². The molecule has 0 spiro atoms. The molecule has 1 aliphatic rings. The largest absolute Gasteiger partial charge is 0.476 e. The summed E-state index contributed by atoms with van der Waals surface area (Å²) in [5.41, 5.74) is 0.944. The van der Waals surface area contributed by atoms with Gasteiger partial charge in [-0.25, -0.2) is 9.48 Å². The highest BCUT2D eigenvalue weighted by molar-refractivity contribution is 5.86. The fourth-order valence-electron chi connectivity index (χ4n) is 2.02. The van der Waals surface area contributed by atoms with Gasteiger partial charge in [-0.3, -0.25) is 0 Å². The van der Waals surface area contributed by atoms with E-state index >= 15 is 0 Å². The van der Waals surface area contributed by atoms with Crippen LogP contribution in [-0.4, -0.2) is 51.6 Å². The Balaban J connectivity index is 2.22. The number of likely N-dealkylation sites (N-methyl/N-ethyl adjacent to an activating group) is 1. The maximum atomic E-state index is 11.1. The standard InChI is InChI=1S/C11H18N4O2/c1-14(2)6-7-15-10(8-4-3-5-8)9(11(16)17)12-13-15/h8H,3-7H2,1-2H3,(H,16,17). The van der Waals surface area contributed by atoms with E-state index in [9.17, 15) is 4.79 Å². The maximum Gasteiger partial charge on any atom is 0.358 e. The summed E-state index contributed by atoms with van der Waals surface area (Å²) in [5, 5.41) is 16.9. The molecular formula is C11H18N4O2. The van der Waals surface area contributed by atoms with Crippen LogP contribution in [0.2, 0.25) is 0 Å². The van der Waals surface area contributed by atoms with Gasteiger partial charge in [0.1, 0.15) is 0 Å². The first-order chi connectivity index (χ1) is 8.09. The van der Waals surface area contributed by atoms with Gasteiger partial charge in [0.2, 0.25) is 0 Å². The molecule has 0 amide bonds. The monoisotopic (exact) mass is 238 g/mol. The van der Waals surface area contributed by atoms with Crippen molar-refractivity contribution in [1.29, 1.82) is 0 Å². The number of rotatable bonds is 5. The van der Waals surface area contributed by atoms with Gasteiger partial charge in [0.25, 0.3) is 0 Å². The van der Waals surface area contributed by atoms with Crippen molar-refractivity contribution in [2.24, 2.45) is 0 Å². The second-order valence-electron chi connectivity index (χ2n) is 4.78. The second kappa shape index (κ2) is 4.83. The van der Waals surface area contributed by atoms with Gasteiger partial charge in [-0.1, -0.05) is 11.6 Å². The van der Waals surface area contributed by atoms with Crippen LogP contribution in [0.25, 0.3) is 0 Å². The van der Waals surface area contributed by atoms with Crippen LogP contribution >= 0.6 is 0 Å². The predicted octanol–water partition coefficient (Wildman–Crippen LogP) is 0.805. The molecule has 1 fully saturated rings. The zero-order chi connectivity index (χ0) is 12.4. The molecule has 1 heterocycles. The van der Waals surface area contributed by atoms with Gasteiger partial charge in [-0.15, -0.1) is 5.10 Å². The molecule has 17 heavy (non-hydrogen) atoms. The van der Waals surface area contributed by atoms with E-state index < -0.39 is 5.97 Å². The third-order valence-electron chi connectivity index (χ3n) is 3.23. The molecule has 94 valence electrons. The topological polar surface area (TPSA) is 71.2 Å². The summed E-state index contributed by atoms with van der Waals surface area (Å²) in [7, 11) is 3.97. The van der Waals surface area contributed by atoms with Crippen LogP contribution in [0.5, 0.6) is 0 Å². The van der Waals surface area contributed by atoms with Crippen LogP contribution in [0.3, 0.4) is 0 Å². The third-order valence-corrected chi connectivity index (χ3v) is 3.23. The maximum absolute atomic E-state index is 11.1. The van der Waals surface area contributed by atoms with Crippen LogP contribution in [-0.2, 0) is 6.54 Å². The van der Waals surface area contributed by atoms with Gasteiger partial charge in [0.05, 0.1) is 12.2 Å². The lowest BCUT2D eigenvalue weighted by Gasteiger charge is -2.26. The lowest BCUT2D eigenvalue weighted by atomic mass is 9.82. The smallest absolute Gasteiger partial charge is 0.358 e. The van der Waals surface area contributed by atoms with E-state index in [2.05, 4.69) is 10.3 Å². The number of aromatic nitrogens is 3. The highest BCUT2D eigenvalue weighted by Crippen LogP contribution is 2.37. The van der Waals surface area contributed by atoms with E-state index in [0.29, 0.717) is 12.5 Å². The zero-order valence-electron chi connectivity index (χ0n) is 10.3. The number of aromatic carboxylic acids is 1. The van der Waals surface area contributed by atoms with Crippen LogP contribution < -0.4 is 0 Å². The average molecular weight is 238 g/mol. The van der Waals surface area contributed by atoms with E-state index in [-0.39, 0.29) is 5.69 Å². The lowest BCUT2D eigenvalue weighted by Crippen LogP contribution is -2.23. The number of hydrogen-bond acceptors (Lipinski definition) is 4. The normalized spacial score (nSPS) is 16.2. The first kappa shape index (κ1) is 12.0. The molecule has 0 aromatic carbocycles. The highest BCUT2D eigenvalue weighted by Gasteiger charge is 2.30. The van der Waals surface area contributed by atoms with Crippen molar-refractivity contribution in [3.63, 3.8) is 0 Å². The number of carbonyl (C=O) groups is 1. The minimum atomic E-state index is -0.969. The van der Waals surface area contributed by atoms with Crippen molar-refractivity contribution in [1.82, 2.24) is 19.9 Å². The third kappa shape index (κ3) is 2.46. The van der Waals surface area contributed by atoms with Crippen LogP contribution in [0.15, 0.2) is 0 Å². The zero-order valence-corrected chi connectivity index (χ0v) is 10.3. The summed E-state index contributed by atoms with van der Waals surface area (Å²) < 4.78 is 1.76. The van der Waals surface area contributed by atoms with Crippen LogP contribution in [0.4, 0.5) is 0 Å². The molecule has 6 nitrogen and oxygen atoms in total. The molecule has 0 atom stereocenters. The first-order valence-electron chi connectivity index (χ1n) is 5.91. The molecule has 0 radical (unpaired) electrons. The van der Waals surface area contributed by atoms with Crippen molar-refractivity contribution in [2.75, 3.05) is 20.6 Å². The summed E-state index contributed by atoms with van der Waals surface area (Å²) in [4.78, 5) is 13.1. The summed E-state index contributed by atoms with van der Waals surface area (Å²) in [5.74, 6) is -0.638. The lowest BCUT2D eigenvalue weighted by molar-refractivity contribution is 0.0687. The molecule has 0 aliphatic heterocycles. The molecule has 1 aromatic heterocycles. The SMILES string of the molecule is CN(C)CCn1nnc(C(=O)O)c1C1CCC1. The molecule has 2 rings (SSSR count). The van der Waals surface area contributed by atoms with E-state index in [1.165, 1.54) is 6.42 Å². The fourth-order valence-corrected chi connectivity index (χ4v) is 2.02. The van der Waals surface area contributed by atoms with Gasteiger partial charge in [0.15, 0.2) is 5.69 Å². The minimum absolute atomic E-state index is 0.133.